The van der Waals surface area contributed by atoms with Gasteiger partial charge in [0.05, 0.1) is 7.11 Å². The number of rotatable bonds is 2. The van der Waals surface area contributed by atoms with Crippen LogP contribution in [0.1, 0.15) is 31.9 Å². The van der Waals surface area contributed by atoms with Crippen molar-refractivity contribution in [1.82, 2.24) is 0 Å². The van der Waals surface area contributed by atoms with E-state index in [-0.39, 0.29) is 38.6 Å². The molecular weight excluding hydrogens is 303 g/mol. The largest absolute Gasteiger partial charge is 0.497 e. The minimum atomic E-state index is -0.390. The van der Waals surface area contributed by atoms with Crippen molar-refractivity contribution in [3.63, 3.8) is 0 Å². The summed E-state index contributed by atoms with van der Waals surface area (Å²) in [5.41, 5.74) is 2.52. The van der Waals surface area contributed by atoms with Gasteiger partial charge in [0.15, 0.2) is 0 Å². The van der Waals surface area contributed by atoms with Gasteiger partial charge >= 0.3 is 0 Å². The molecule has 1 amide bonds. The molecule has 0 aliphatic rings. The topological polar surface area (TPSA) is 38.3 Å². The number of aryl methyl sites for hydroxylation is 2. The zero-order valence-corrected chi connectivity index (χ0v) is 14.9. The SMILES string of the molecule is COc1cc(C)c(NC(=O)C(C)(C)C)c(C)c1.[Y]. The number of hydrogen-bond donors (Lipinski definition) is 1. The molecule has 1 rings (SSSR count). The molecule has 1 N–H and O–H groups in total. The maximum Gasteiger partial charge on any atom is 0.229 e. The molecular formula is C14H21NO2Y. The molecule has 1 aromatic carbocycles. The summed E-state index contributed by atoms with van der Waals surface area (Å²) in [6.07, 6.45) is 0. The molecule has 0 unspecified atom stereocenters. The first kappa shape index (κ1) is 17.6. The van der Waals surface area contributed by atoms with Gasteiger partial charge in [-0.15, -0.1) is 0 Å². The van der Waals surface area contributed by atoms with Crippen LogP contribution < -0.4 is 10.1 Å². The number of ether oxygens (including phenoxy) is 1. The monoisotopic (exact) mass is 324 g/mol. The fraction of sp³-hybridized carbons (Fsp3) is 0.500. The Hall–Kier alpha value is -0.406. The minimum absolute atomic E-state index is 0. The molecule has 0 aromatic heterocycles. The van der Waals surface area contributed by atoms with E-state index in [0.717, 1.165) is 22.6 Å². The Morgan fingerprint density at radius 1 is 1.17 bits per heavy atom. The van der Waals surface area contributed by atoms with Crippen LogP contribution in [-0.2, 0) is 37.5 Å². The summed E-state index contributed by atoms with van der Waals surface area (Å²) in [5, 5.41) is 2.98. The molecule has 3 nitrogen and oxygen atoms in total. The third-order valence-electron chi connectivity index (χ3n) is 2.66. The molecule has 0 fully saturated rings. The Labute approximate surface area is 135 Å². The minimum Gasteiger partial charge on any atom is -0.497 e. The number of nitrogens with one attached hydrogen (secondary N) is 1. The third-order valence-corrected chi connectivity index (χ3v) is 2.66. The van der Waals surface area contributed by atoms with E-state index in [1.807, 2.05) is 46.8 Å². The summed E-state index contributed by atoms with van der Waals surface area (Å²) in [5.74, 6) is 0.836. The van der Waals surface area contributed by atoms with Crippen LogP contribution in [0.15, 0.2) is 12.1 Å². The molecule has 0 aliphatic carbocycles. The molecule has 0 aliphatic heterocycles. The van der Waals surface area contributed by atoms with Crippen molar-refractivity contribution >= 4 is 11.6 Å². The van der Waals surface area contributed by atoms with Gasteiger partial charge in [-0.1, -0.05) is 20.8 Å². The van der Waals surface area contributed by atoms with E-state index >= 15 is 0 Å². The summed E-state index contributed by atoms with van der Waals surface area (Å²) < 4.78 is 5.19. The van der Waals surface area contributed by atoms with Crippen LogP contribution in [0.5, 0.6) is 5.75 Å². The van der Waals surface area contributed by atoms with E-state index in [1.165, 1.54) is 0 Å². The van der Waals surface area contributed by atoms with Crippen LogP contribution in [-0.4, -0.2) is 13.0 Å². The van der Waals surface area contributed by atoms with Gasteiger partial charge in [0.25, 0.3) is 0 Å². The van der Waals surface area contributed by atoms with Crippen LogP contribution in [0.2, 0.25) is 0 Å². The van der Waals surface area contributed by atoms with E-state index in [2.05, 4.69) is 5.32 Å². The fourth-order valence-corrected chi connectivity index (χ4v) is 1.54. The second-order valence-electron chi connectivity index (χ2n) is 5.34. The number of carbonyl (C=O) groups excluding carboxylic acids is 1. The Kier molecular flexibility index (Phi) is 6.52. The van der Waals surface area contributed by atoms with E-state index in [1.54, 1.807) is 7.11 Å². The van der Waals surface area contributed by atoms with Gasteiger partial charge in [0.2, 0.25) is 5.91 Å². The molecule has 18 heavy (non-hydrogen) atoms. The van der Waals surface area contributed by atoms with Crippen LogP contribution in [0.3, 0.4) is 0 Å². The van der Waals surface area contributed by atoms with Crippen molar-refractivity contribution < 1.29 is 42.2 Å². The first-order valence-electron chi connectivity index (χ1n) is 5.72. The van der Waals surface area contributed by atoms with Crippen molar-refractivity contribution in [2.45, 2.75) is 34.6 Å². The van der Waals surface area contributed by atoms with Crippen LogP contribution in [0, 0.1) is 19.3 Å². The Morgan fingerprint density at radius 3 is 1.94 bits per heavy atom. The molecule has 1 aromatic rings. The van der Waals surface area contributed by atoms with Crippen LogP contribution in [0.4, 0.5) is 5.69 Å². The number of amides is 1. The van der Waals surface area contributed by atoms with E-state index in [9.17, 15) is 4.79 Å². The molecule has 0 spiro atoms. The molecule has 0 atom stereocenters. The molecule has 97 valence electrons. The van der Waals surface area contributed by atoms with Crippen molar-refractivity contribution in [3.8, 4) is 5.75 Å². The van der Waals surface area contributed by atoms with Crippen molar-refractivity contribution in [3.05, 3.63) is 23.3 Å². The maximum atomic E-state index is 12.0. The van der Waals surface area contributed by atoms with Crippen molar-refractivity contribution in [2.24, 2.45) is 5.41 Å². The summed E-state index contributed by atoms with van der Waals surface area (Å²) in [6, 6.07) is 3.84. The van der Waals surface area contributed by atoms with Crippen molar-refractivity contribution in [1.29, 1.82) is 0 Å². The van der Waals surface area contributed by atoms with Gasteiger partial charge in [-0.25, -0.2) is 0 Å². The standard InChI is InChI=1S/C14H21NO2.Y/c1-9-7-11(17-6)8-10(2)12(9)15-13(16)14(3,4)5;/h7-8H,1-6H3,(H,15,16);. The van der Waals surface area contributed by atoms with Crippen LogP contribution >= 0.6 is 0 Å². The molecule has 1 radical (unpaired) electrons. The number of hydrogen-bond acceptors (Lipinski definition) is 2. The fourth-order valence-electron chi connectivity index (χ4n) is 1.54. The average molecular weight is 324 g/mol. The van der Waals surface area contributed by atoms with E-state index in [0.29, 0.717) is 0 Å². The summed E-state index contributed by atoms with van der Waals surface area (Å²) in [4.78, 5) is 12.0. The average Bonchev–Trinajstić information content (AvgIpc) is 2.21. The second kappa shape index (κ2) is 6.67. The molecule has 0 saturated carbocycles. The summed E-state index contributed by atoms with van der Waals surface area (Å²) in [6.45, 7) is 9.63. The Balaban J connectivity index is 0.00000289. The first-order chi connectivity index (χ1) is 7.75. The van der Waals surface area contributed by atoms with Crippen LogP contribution in [0.25, 0.3) is 0 Å². The zero-order valence-electron chi connectivity index (χ0n) is 12.0. The van der Waals surface area contributed by atoms with Gasteiger partial charge in [0.1, 0.15) is 5.75 Å². The molecule has 0 heterocycles. The van der Waals surface area contributed by atoms with Gasteiger partial charge in [-0.3, -0.25) is 4.79 Å². The normalized spacial score (nSPS) is 10.6. The van der Waals surface area contributed by atoms with Gasteiger partial charge in [-0.05, 0) is 37.1 Å². The number of benzene rings is 1. The second-order valence-corrected chi connectivity index (χ2v) is 5.34. The van der Waals surface area contributed by atoms with E-state index < -0.39 is 5.41 Å². The molecule has 0 bridgehead atoms. The van der Waals surface area contributed by atoms with Gasteiger partial charge in [-0.2, -0.15) is 0 Å². The number of carbonyl (C=O) groups is 1. The van der Waals surface area contributed by atoms with Gasteiger partial charge < -0.3 is 10.1 Å². The smallest absolute Gasteiger partial charge is 0.229 e. The Bertz CT molecular complexity index is 413. The summed E-state index contributed by atoms with van der Waals surface area (Å²) >= 11 is 0. The molecule has 4 heteroatoms. The van der Waals surface area contributed by atoms with E-state index in [4.69, 9.17) is 4.74 Å². The predicted octanol–water partition coefficient (Wildman–Crippen LogP) is 3.29. The van der Waals surface area contributed by atoms with Crippen molar-refractivity contribution in [2.75, 3.05) is 12.4 Å². The predicted molar refractivity (Wildman–Crippen MR) is 70.6 cm³/mol. The Morgan fingerprint density at radius 2 is 1.61 bits per heavy atom. The third kappa shape index (κ3) is 4.36. The van der Waals surface area contributed by atoms with Gasteiger partial charge in [0, 0.05) is 43.8 Å². The summed E-state index contributed by atoms with van der Waals surface area (Å²) in [7, 11) is 1.64. The zero-order chi connectivity index (χ0) is 13.2. The quantitative estimate of drug-likeness (QED) is 0.906. The first-order valence-corrected chi connectivity index (χ1v) is 5.72. The maximum absolute atomic E-state index is 12.0. The molecule has 0 saturated heterocycles. The number of methoxy groups -OCH3 is 1. The number of anilines is 1.